The van der Waals surface area contributed by atoms with E-state index in [-0.39, 0.29) is 0 Å². The van der Waals surface area contributed by atoms with Crippen molar-refractivity contribution in [3.63, 3.8) is 0 Å². The fourth-order valence-corrected chi connectivity index (χ4v) is 1.80. The second-order valence-electron chi connectivity index (χ2n) is 3.92. The Hall–Kier alpha value is -0.0400. The maximum Gasteiger partial charge on any atom is 0.0549 e. The fraction of sp³-hybridized carbons (Fsp3) is 1.00. The molecule has 13 heavy (non-hydrogen) atoms. The van der Waals surface area contributed by atoms with E-state index >= 15 is 0 Å². The van der Waals surface area contributed by atoms with E-state index in [4.69, 9.17) is 4.74 Å². The van der Waals surface area contributed by atoms with Gasteiger partial charge in [0.05, 0.1) is 6.10 Å². The smallest absolute Gasteiger partial charge is 0.0549 e. The van der Waals surface area contributed by atoms with Crippen LogP contribution in [0.4, 0.5) is 0 Å². The molecule has 0 radical (unpaired) electrons. The summed E-state index contributed by atoms with van der Waals surface area (Å²) >= 11 is 0. The third-order valence-electron chi connectivity index (χ3n) is 2.66. The molecule has 0 amide bonds. The highest BCUT2D eigenvalue weighted by Gasteiger charge is 2.10. The van der Waals surface area contributed by atoms with E-state index in [1.165, 1.54) is 32.1 Å². The Morgan fingerprint density at radius 1 is 1.15 bits per heavy atom. The van der Waals surface area contributed by atoms with Crippen LogP contribution < -0.4 is 0 Å². The number of ether oxygens (including phenoxy) is 1. The Morgan fingerprint density at radius 2 is 1.85 bits per heavy atom. The molecule has 0 rings (SSSR count). The third-order valence-corrected chi connectivity index (χ3v) is 2.66. The van der Waals surface area contributed by atoms with E-state index in [0.717, 1.165) is 12.5 Å². The van der Waals surface area contributed by atoms with Crippen LogP contribution in [0.5, 0.6) is 0 Å². The molecule has 0 aliphatic rings. The van der Waals surface area contributed by atoms with Crippen molar-refractivity contribution in [1.29, 1.82) is 0 Å². The van der Waals surface area contributed by atoms with Gasteiger partial charge in [-0.1, -0.05) is 39.5 Å². The van der Waals surface area contributed by atoms with E-state index in [9.17, 15) is 0 Å². The van der Waals surface area contributed by atoms with E-state index in [2.05, 4.69) is 27.7 Å². The first kappa shape index (κ1) is 13.0. The van der Waals surface area contributed by atoms with Crippen molar-refractivity contribution in [2.75, 3.05) is 6.61 Å². The molecule has 0 saturated carbocycles. The van der Waals surface area contributed by atoms with Crippen molar-refractivity contribution in [2.24, 2.45) is 5.92 Å². The molecule has 80 valence electrons. The van der Waals surface area contributed by atoms with Gasteiger partial charge in [-0.05, 0) is 26.2 Å². The monoisotopic (exact) mass is 186 g/mol. The van der Waals surface area contributed by atoms with Crippen LogP contribution in [0, 0.1) is 5.92 Å². The molecular formula is C12H26O. The number of unbranched alkanes of at least 4 members (excludes halogenated alkanes) is 1. The standard InChI is InChI=1S/C12H26O/c1-5-8-9-12(6-2)10-11(4)13-7-3/h11-12H,5-10H2,1-4H3. The average Bonchev–Trinajstić information content (AvgIpc) is 2.12. The van der Waals surface area contributed by atoms with Crippen LogP contribution in [0.25, 0.3) is 0 Å². The van der Waals surface area contributed by atoms with Crippen molar-refractivity contribution in [1.82, 2.24) is 0 Å². The zero-order valence-corrected chi connectivity index (χ0v) is 9.81. The van der Waals surface area contributed by atoms with Crippen LogP contribution in [0.15, 0.2) is 0 Å². The van der Waals surface area contributed by atoms with E-state index in [1.54, 1.807) is 0 Å². The number of hydrogen-bond acceptors (Lipinski definition) is 1. The molecule has 2 unspecified atom stereocenters. The number of rotatable bonds is 8. The molecule has 2 atom stereocenters. The third kappa shape index (κ3) is 7.06. The largest absolute Gasteiger partial charge is 0.379 e. The van der Waals surface area contributed by atoms with Gasteiger partial charge in [0, 0.05) is 6.61 Å². The normalized spacial score (nSPS) is 15.7. The maximum atomic E-state index is 5.55. The van der Waals surface area contributed by atoms with E-state index < -0.39 is 0 Å². The SMILES string of the molecule is CCCCC(CC)CC(C)OCC. The first-order chi connectivity index (χ1) is 6.24. The van der Waals surface area contributed by atoms with Crippen LogP contribution in [-0.4, -0.2) is 12.7 Å². The second kappa shape index (κ2) is 8.55. The Morgan fingerprint density at radius 3 is 2.31 bits per heavy atom. The first-order valence-electron chi connectivity index (χ1n) is 5.86. The zero-order valence-electron chi connectivity index (χ0n) is 9.81. The summed E-state index contributed by atoms with van der Waals surface area (Å²) in [6.45, 7) is 9.67. The summed E-state index contributed by atoms with van der Waals surface area (Å²) in [5.41, 5.74) is 0. The van der Waals surface area contributed by atoms with Gasteiger partial charge in [-0.25, -0.2) is 0 Å². The van der Waals surface area contributed by atoms with Crippen LogP contribution in [0.3, 0.4) is 0 Å². The first-order valence-corrected chi connectivity index (χ1v) is 5.86. The Kier molecular flexibility index (Phi) is 8.53. The molecule has 1 nitrogen and oxygen atoms in total. The highest BCUT2D eigenvalue weighted by molar-refractivity contribution is 4.62. The Labute approximate surface area is 83.9 Å². The summed E-state index contributed by atoms with van der Waals surface area (Å²) in [6, 6.07) is 0. The molecule has 0 aliphatic heterocycles. The molecule has 0 saturated heterocycles. The topological polar surface area (TPSA) is 9.23 Å². The zero-order chi connectivity index (χ0) is 10.1. The summed E-state index contributed by atoms with van der Waals surface area (Å²) in [6.07, 6.45) is 7.06. The van der Waals surface area contributed by atoms with Crippen molar-refractivity contribution < 1.29 is 4.74 Å². The van der Waals surface area contributed by atoms with Gasteiger partial charge in [-0.2, -0.15) is 0 Å². The van der Waals surface area contributed by atoms with Gasteiger partial charge in [0.2, 0.25) is 0 Å². The lowest BCUT2D eigenvalue weighted by Crippen LogP contribution is -2.13. The lowest BCUT2D eigenvalue weighted by atomic mass is 9.93. The summed E-state index contributed by atoms with van der Waals surface area (Å²) in [4.78, 5) is 0. The Balaban J connectivity index is 3.56. The predicted octanol–water partition coefficient (Wildman–Crippen LogP) is 4.02. The summed E-state index contributed by atoms with van der Waals surface area (Å²) < 4.78 is 5.55. The van der Waals surface area contributed by atoms with Crippen LogP contribution in [-0.2, 0) is 4.74 Å². The predicted molar refractivity (Wildman–Crippen MR) is 59.0 cm³/mol. The molecule has 0 aliphatic carbocycles. The Bertz CT molecular complexity index is 101. The van der Waals surface area contributed by atoms with Gasteiger partial charge in [-0.15, -0.1) is 0 Å². The van der Waals surface area contributed by atoms with Crippen LogP contribution >= 0.6 is 0 Å². The van der Waals surface area contributed by atoms with Gasteiger partial charge in [-0.3, -0.25) is 0 Å². The fourth-order valence-electron chi connectivity index (χ4n) is 1.80. The van der Waals surface area contributed by atoms with Gasteiger partial charge in [0.1, 0.15) is 0 Å². The lowest BCUT2D eigenvalue weighted by Gasteiger charge is -2.19. The minimum atomic E-state index is 0.451. The average molecular weight is 186 g/mol. The van der Waals surface area contributed by atoms with Crippen molar-refractivity contribution in [3.8, 4) is 0 Å². The van der Waals surface area contributed by atoms with Crippen molar-refractivity contribution >= 4 is 0 Å². The minimum Gasteiger partial charge on any atom is -0.379 e. The quantitative estimate of drug-likeness (QED) is 0.556. The maximum absolute atomic E-state index is 5.55. The molecule has 0 aromatic rings. The minimum absolute atomic E-state index is 0.451. The molecule has 1 heteroatoms. The molecule has 0 heterocycles. The van der Waals surface area contributed by atoms with Gasteiger partial charge in [0.15, 0.2) is 0 Å². The highest BCUT2D eigenvalue weighted by Crippen LogP contribution is 2.19. The molecule has 0 spiro atoms. The van der Waals surface area contributed by atoms with Crippen LogP contribution in [0.1, 0.15) is 59.8 Å². The van der Waals surface area contributed by atoms with Gasteiger partial charge >= 0.3 is 0 Å². The molecule has 0 bridgehead atoms. The summed E-state index contributed by atoms with van der Waals surface area (Å²) in [7, 11) is 0. The van der Waals surface area contributed by atoms with E-state index in [1.807, 2.05) is 0 Å². The highest BCUT2D eigenvalue weighted by atomic mass is 16.5. The molecule has 0 fully saturated rings. The van der Waals surface area contributed by atoms with Gasteiger partial charge < -0.3 is 4.74 Å². The number of hydrogen-bond donors (Lipinski definition) is 0. The molecule has 0 N–H and O–H groups in total. The summed E-state index contributed by atoms with van der Waals surface area (Å²) in [5.74, 6) is 0.876. The summed E-state index contributed by atoms with van der Waals surface area (Å²) in [5, 5.41) is 0. The van der Waals surface area contributed by atoms with Crippen LogP contribution in [0.2, 0.25) is 0 Å². The van der Waals surface area contributed by atoms with Gasteiger partial charge in [0.25, 0.3) is 0 Å². The molecule has 0 aromatic carbocycles. The van der Waals surface area contributed by atoms with E-state index in [0.29, 0.717) is 6.10 Å². The molecule has 0 aromatic heterocycles. The molecular weight excluding hydrogens is 160 g/mol. The second-order valence-corrected chi connectivity index (χ2v) is 3.92. The lowest BCUT2D eigenvalue weighted by molar-refractivity contribution is 0.0560. The van der Waals surface area contributed by atoms with Crippen molar-refractivity contribution in [3.05, 3.63) is 0 Å². The van der Waals surface area contributed by atoms with Crippen molar-refractivity contribution in [2.45, 2.75) is 65.9 Å².